The number of nitrogens with two attached hydrogens (primary N) is 2. The lowest BCUT2D eigenvalue weighted by molar-refractivity contribution is -0.144. The number of rotatable bonds is 18. The minimum absolute atomic E-state index is 0.303. The minimum Gasteiger partial charge on any atom is -0.481 e. The van der Waals surface area contributed by atoms with Gasteiger partial charge in [-0.3, -0.25) is 33.6 Å². The maximum absolute atomic E-state index is 12.7. The Bertz CT molecular complexity index is 877. The highest BCUT2D eigenvalue weighted by Crippen LogP contribution is 2.05. The summed E-state index contributed by atoms with van der Waals surface area (Å²) in [4.78, 5) is 92.5. The number of amides is 4. The number of nitrogens with one attached hydrogen (secondary N) is 3. The molecule has 4 atom stereocenters. The second-order valence-electron chi connectivity index (χ2n) is 7.60. The van der Waals surface area contributed by atoms with Crippen LogP contribution in [0.4, 0.5) is 0 Å². The summed E-state index contributed by atoms with van der Waals surface area (Å²) in [6.45, 7) is 0. The summed E-state index contributed by atoms with van der Waals surface area (Å²) in [5.74, 6) is -9.92. The van der Waals surface area contributed by atoms with Crippen LogP contribution in [0.25, 0.3) is 0 Å². The molecule has 0 radical (unpaired) electrons. The van der Waals surface area contributed by atoms with E-state index in [2.05, 4.69) is 10.6 Å². The summed E-state index contributed by atoms with van der Waals surface area (Å²) in [5.41, 5.74) is 10.6. The molecule has 0 fully saturated rings. The standard InChI is InChI=1S/C19H29N5O12/c20-8(1-4-13(26)27)16(32)24-11(7-12(21)25)18(34)22-9(2-5-14(28)29)17(33)23-10(19(35)36)3-6-15(30)31/h8-11H,1-7,20H2,(H2,21,25)(H,22,34)(H,23,33)(H,24,32)(H,26,27)(H,28,29)(H,30,31)(H,35,36). The van der Waals surface area contributed by atoms with Crippen LogP contribution >= 0.6 is 0 Å². The number of carbonyl (C=O) groups excluding carboxylic acids is 4. The van der Waals surface area contributed by atoms with Gasteiger partial charge in [-0.15, -0.1) is 0 Å². The average Bonchev–Trinajstić information content (AvgIpc) is 2.75. The number of carboxylic acids is 4. The molecule has 11 N–H and O–H groups in total. The molecule has 0 heterocycles. The van der Waals surface area contributed by atoms with Crippen molar-refractivity contribution in [2.24, 2.45) is 11.5 Å². The van der Waals surface area contributed by atoms with E-state index in [1.165, 1.54) is 0 Å². The molecule has 0 aliphatic carbocycles. The molecule has 0 spiro atoms. The zero-order valence-corrected chi connectivity index (χ0v) is 19.0. The van der Waals surface area contributed by atoms with E-state index in [9.17, 15) is 43.5 Å². The lowest BCUT2D eigenvalue weighted by Gasteiger charge is -2.24. The van der Waals surface area contributed by atoms with Crippen LogP contribution < -0.4 is 27.4 Å². The molecule has 17 nitrogen and oxygen atoms in total. The molecule has 0 aromatic heterocycles. The average molecular weight is 519 g/mol. The van der Waals surface area contributed by atoms with E-state index in [4.69, 9.17) is 26.8 Å². The smallest absolute Gasteiger partial charge is 0.326 e. The third kappa shape index (κ3) is 13.4. The van der Waals surface area contributed by atoms with E-state index in [0.29, 0.717) is 0 Å². The van der Waals surface area contributed by atoms with Crippen molar-refractivity contribution in [2.45, 2.75) is 69.1 Å². The van der Waals surface area contributed by atoms with Gasteiger partial charge in [0.25, 0.3) is 0 Å². The molecule has 0 saturated heterocycles. The third-order valence-electron chi connectivity index (χ3n) is 4.59. The van der Waals surface area contributed by atoms with Crippen molar-refractivity contribution in [3.63, 3.8) is 0 Å². The summed E-state index contributed by atoms with van der Waals surface area (Å²) in [7, 11) is 0. The van der Waals surface area contributed by atoms with E-state index in [1.54, 1.807) is 0 Å². The Balaban J connectivity index is 5.59. The lowest BCUT2D eigenvalue weighted by Crippen LogP contribution is -2.57. The number of carboxylic acid groups (broad SMARTS) is 4. The second kappa shape index (κ2) is 15.6. The minimum atomic E-state index is -1.69. The topological polar surface area (TPSA) is 306 Å². The zero-order chi connectivity index (χ0) is 28.0. The molecule has 0 aromatic carbocycles. The third-order valence-corrected chi connectivity index (χ3v) is 4.59. The quantitative estimate of drug-likeness (QED) is 0.0843. The van der Waals surface area contributed by atoms with Crippen LogP contribution in [0.3, 0.4) is 0 Å². The first kappa shape index (κ1) is 31.7. The molecule has 0 rings (SSSR count). The van der Waals surface area contributed by atoms with Gasteiger partial charge in [-0.1, -0.05) is 0 Å². The van der Waals surface area contributed by atoms with Crippen LogP contribution in [0.15, 0.2) is 0 Å². The molecule has 4 unspecified atom stereocenters. The first-order chi connectivity index (χ1) is 16.6. The van der Waals surface area contributed by atoms with Gasteiger partial charge in [-0.05, 0) is 19.3 Å². The highest BCUT2D eigenvalue weighted by Gasteiger charge is 2.31. The van der Waals surface area contributed by atoms with Gasteiger partial charge in [0, 0.05) is 19.3 Å². The molecule has 17 heteroatoms. The van der Waals surface area contributed by atoms with Crippen molar-refractivity contribution in [1.82, 2.24) is 16.0 Å². The van der Waals surface area contributed by atoms with E-state index < -0.39 is 110 Å². The number of primary amides is 1. The molecule has 0 bridgehead atoms. The first-order valence-electron chi connectivity index (χ1n) is 10.5. The molecule has 36 heavy (non-hydrogen) atoms. The largest absolute Gasteiger partial charge is 0.481 e. The molecular weight excluding hydrogens is 490 g/mol. The first-order valence-corrected chi connectivity index (χ1v) is 10.5. The monoisotopic (exact) mass is 519 g/mol. The van der Waals surface area contributed by atoms with Gasteiger partial charge in [-0.25, -0.2) is 4.79 Å². The predicted molar refractivity (Wildman–Crippen MR) is 116 cm³/mol. The summed E-state index contributed by atoms with van der Waals surface area (Å²) in [5, 5.41) is 41.7. The molecule has 0 aliphatic rings. The van der Waals surface area contributed by atoms with Crippen LogP contribution in [0, 0.1) is 0 Å². The predicted octanol–water partition coefficient (Wildman–Crippen LogP) is -3.68. The Kier molecular flexibility index (Phi) is 13.7. The van der Waals surface area contributed by atoms with Crippen LogP contribution in [0.2, 0.25) is 0 Å². The Hall–Kier alpha value is -4.28. The maximum Gasteiger partial charge on any atom is 0.326 e. The maximum atomic E-state index is 12.7. The van der Waals surface area contributed by atoms with Gasteiger partial charge >= 0.3 is 23.9 Å². The van der Waals surface area contributed by atoms with E-state index >= 15 is 0 Å². The molecule has 0 aromatic rings. The highest BCUT2D eigenvalue weighted by atomic mass is 16.4. The lowest BCUT2D eigenvalue weighted by atomic mass is 10.1. The van der Waals surface area contributed by atoms with Crippen LogP contribution in [0.5, 0.6) is 0 Å². The number of hydrogen-bond acceptors (Lipinski definition) is 9. The van der Waals surface area contributed by atoms with Crippen LogP contribution in [-0.2, 0) is 38.4 Å². The molecule has 4 amide bonds. The van der Waals surface area contributed by atoms with Crippen molar-refractivity contribution < 1.29 is 58.8 Å². The fourth-order valence-electron chi connectivity index (χ4n) is 2.71. The molecule has 202 valence electrons. The Morgan fingerprint density at radius 3 is 1.42 bits per heavy atom. The summed E-state index contributed by atoms with van der Waals surface area (Å²) < 4.78 is 0. The number of aliphatic carboxylic acids is 4. The summed E-state index contributed by atoms with van der Waals surface area (Å²) in [6, 6.07) is -6.39. The van der Waals surface area contributed by atoms with Gasteiger partial charge in [0.15, 0.2) is 0 Å². The van der Waals surface area contributed by atoms with Gasteiger partial charge in [0.05, 0.1) is 12.5 Å². The zero-order valence-electron chi connectivity index (χ0n) is 19.0. The van der Waals surface area contributed by atoms with Crippen molar-refractivity contribution in [3.8, 4) is 0 Å². The highest BCUT2D eigenvalue weighted by molar-refractivity contribution is 5.96. The Morgan fingerprint density at radius 2 is 0.972 bits per heavy atom. The normalized spacial score (nSPS) is 13.8. The van der Waals surface area contributed by atoms with Crippen molar-refractivity contribution in [3.05, 3.63) is 0 Å². The fourth-order valence-corrected chi connectivity index (χ4v) is 2.71. The van der Waals surface area contributed by atoms with Gasteiger partial charge < -0.3 is 47.8 Å². The van der Waals surface area contributed by atoms with E-state index in [-0.39, 0.29) is 6.42 Å². The Morgan fingerprint density at radius 1 is 0.583 bits per heavy atom. The van der Waals surface area contributed by atoms with Crippen molar-refractivity contribution in [2.75, 3.05) is 0 Å². The van der Waals surface area contributed by atoms with Gasteiger partial charge in [-0.2, -0.15) is 0 Å². The number of carbonyl (C=O) groups is 8. The van der Waals surface area contributed by atoms with Gasteiger partial charge in [0.1, 0.15) is 18.1 Å². The van der Waals surface area contributed by atoms with Gasteiger partial charge in [0.2, 0.25) is 23.6 Å². The fraction of sp³-hybridized carbons (Fsp3) is 0.579. The number of hydrogen-bond donors (Lipinski definition) is 9. The van der Waals surface area contributed by atoms with E-state index in [0.717, 1.165) is 0 Å². The summed E-state index contributed by atoms with van der Waals surface area (Å²) >= 11 is 0. The van der Waals surface area contributed by atoms with Crippen molar-refractivity contribution in [1.29, 1.82) is 0 Å². The molecule has 0 aliphatic heterocycles. The van der Waals surface area contributed by atoms with Crippen LogP contribution in [0.1, 0.15) is 44.9 Å². The summed E-state index contributed by atoms with van der Waals surface area (Å²) in [6.07, 6.45) is -3.85. The van der Waals surface area contributed by atoms with Crippen molar-refractivity contribution >= 4 is 47.5 Å². The van der Waals surface area contributed by atoms with Crippen LogP contribution in [-0.4, -0.2) is 92.1 Å². The SMILES string of the molecule is NC(=O)CC(NC(=O)C(N)CCC(=O)O)C(=O)NC(CCC(=O)O)C(=O)NC(CCC(=O)O)C(=O)O. The second-order valence-corrected chi connectivity index (χ2v) is 7.60. The Labute approximate surface area is 203 Å². The van der Waals surface area contributed by atoms with E-state index in [1.807, 2.05) is 5.32 Å². The molecular formula is C19H29N5O12. The molecule has 0 saturated carbocycles.